The Morgan fingerprint density at radius 3 is 2.88 bits per heavy atom. The number of piperazine rings is 1. The SMILES string of the molecule is C[C@@H](CN1C[C@@H]2C[C@H]1C(=O)N2[C@H]1CCc2cc(NS(=O)[O-])ccc21)C(=O)N1C2C[C@H]2C[C@H]1C#N. The van der Waals surface area contributed by atoms with E-state index < -0.39 is 11.3 Å². The molecule has 10 heteroatoms. The zero-order chi connectivity index (χ0) is 23.7. The van der Waals surface area contributed by atoms with E-state index in [0.29, 0.717) is 18.2 Å². The lowest BCUT2D eigenvalue weighted by molar-refractivity contribution is -0.142. The van der Waals surface area contributed by atoms with E-state index in [0.717, 1.165) is 49.8 Å². The number of carbonyl (C=O) groups excluding carboxylic acids is 2. The first-order chi connectivity index (χ1) is 16.4. The van der Waals surface area contributed by atoms with E-state index in [1.165, 1.54) is 0 Å². The molecule has 9 nitrogen and oxygen atoms in total. The molecular weight excluding hydrogens is 454 g/mol. The molecule has 0 spiro atoms. The molecule has 2 aliphatic carbocycles. The van der Waals surface area contributed by atoms with Crippen molar-refractivity contribution in [3.8, 4) is 6.07 Å². The van der Waals surface area contributed by atoms with Gasteiger partial charge in [-0.1, -0.05) is 13.0 Å². The van der Waals surface area contributed by atoms with Crippen molar-refractivity contribution in [3.05, 3.63) is 29.3 Å². The first-order valence-corrected chi connectivity index (χ1v) is 13.2. The fraction of sp³-hybridized carbons (Fsp3) is 0.625. The maximum absolute atomic E-state index is 13.4. The Morgan fingerprint density at radius 1 is 1.32 bits per heavy atom. The van der Waals surface area contributed by atoms with Crippen LogP contribution in [0.15, 0.2) is 18.2 Å². The molecule has 2 amide bonds. The van der Waals surface area contributed by atoms with Crippen molar-refractivity contribution in [1.29, 1.82) is 5.26 Å². The highest BCUT2D eigenvalue weighted by molar-refractivity contribution is 7.80. The zero-order valence-corrected chi connectivity index (χ0v) is 19.9. The highest BCUT2D eigenvalue weighted by Crippen LogP contribution is 2.48. The normalized spacial score (nSPS) is 35.1. The summed E-state index contributed by atoms with van der Waals surface area (Å²) in [4.78, 5) is 32.6. The maximum atomic E-state index is 13.4. The quantitative estimate of drug-likeness (QED) is 0.611. The third kappa shape index (κ3) is 3.44. The van der Waals surface area contributed by atoms with Crippen LogP contribution in [0, 0.1) is 23.2 Å². The highest BCUT2D eigenvalue weighted by Gasteiger charge is 2.56. The van der Waals surface area contributed by atoms with E-state index in [9.17, 15) is 23.6 Å². The van der Waals surface area contributed by atoms with E-state index in [4.69, 9.17) is 0 Å². The van der Waals surface area contributed by atoms with Crippen molar-refractivity contribution in [3.63, 3.8) is 0 Å². The number of likely N-dealkylation sites (tertiary alicyclic amines) is 3. The number of rotatable bonds is 6. The van der Waals surface area contributed by atoms with Gasteiger partial charge >= 0.3 is 0 Å². The van der Waals surface area contributed by atoms with Gasteiger partial charge in [0.25, 0.3) is 0 Å². The van der Waals surface area contributed by atoms with Crippen LogP contribution in [-0.2, 0) is 27.3 Å². The average Bonchev–Trinajstić information content (AvgIpc) is 3.14. The van der Waals surface area contributed by atoms with Gasteiger partial charge in [-0.2, -0.15) is 5.26 Å². The van der Waals surface area contributed by atoms with E-state index in [1.54, 1.807) is 6.07 Å². The Labute approximate surface area is 201 Å². The average molecular weight is 483 g/mol. The monoisotopic (exact) mass is 482 g/mol. The smallest absolute Gasteiger partial charge is 0.240 e. The van der Waals surface area contributed by atoms with Gasteiger partial charge in [0.05, 0.1) is 18.2 Å². The van der Waals surface area contributed by atoms with E-state index in [1.807, 2.05) is 28.9 Å². The fourth-order valence-corrected chi connectivity index (χ4v) is 7.24. The number of carbonyl (C=O) groups is 2. The largest absolute Gasteiger partial charge is 0.755 e. The summed E-state index contributed by atoms with van der Waals surface area (Å²) in [5.41, 5.74) is 2.73. The van der Waals surface area contributed by atoms with Crippen molar-refractivity contribution in [2.75, 3.05) is 17.8 Å². The molecule has 3 heterocycles. The third-order valence-electron chi connectivity index (χ3n) is 8.48. The number of nitriles is 1. The molecule has 2 bridgehead atoms. The number of nitrogens with one attached hydrogen (secondary N) is 1. The molecule has 3 saturated heterocycles. The number of nitrogens with zero attached hydrogens (tertiary/aromatic N) is 4. The molecule has 1 aromatic carbocycles. The van der Waals surface area contributed by atoms with Crippen molar-refractivity contribution in [1.82, 2.24) is 14.7 Å². The van der Waals surface area contributed by atoms with Crippen LogP contribution in [-0.4, -0.2) is 72.5 Å². The maximum Gasteiger partial charge on any atom is 0.240 e. The minimum Gasteiger partial charge on any atom is -0.755 e. The minimum absolute atomic E-state index is 0.0262. The number of hydrogen-bond acceptors (Lipinski definition) is 6. The van der Waals surface area contributed by atoms with Crippen molar-refractivity contribution < 1.29 is 18.4 Å². The lowest BCUT2D eigenvalue weighted by Gasteiger charge is -2.39. The van der Waals surface area contributed by atoms with Gasteiger partial charge in [0.15, 0.2) is 0 Å². The van der Waals surface area contributed by atoms with E-state index in [2.05, 4.69) is 15.7 Å². The Kier molecular flexibility index (Phi) is 5.20. The van der Waals surface area contributed by atoms with Crippen LogP contribution in [0.5, 0.6) is 0 Å². The summed E-state index contributed by atoms with van der Waals surface area (Å²) >= 11 is -2.36. The number of piperidine rings is 1. The number of amides is 2. The molecule has 4 fully saturated rings. The minimum atomic E-state index is -2.36. The summed E-state index contributed by atoms with van der Waals surface area (Å²) < 4.78 is 24.3. The standard InChI is InChI=1S/C24H29N5O4S/c1-13(23(30)28-17(10-25)7-15-8-21(15)28)11-27-12-18-9-22(27)24(31)29(18)20-5-2-14-6-16(26-34(32)33)3-4-19(14)20/h3-4,6,13,15,17-18,20-22,26H,2,5,7-9,11-12H2,1H3,(H,32,33)/p-1/t13-,15+,17-,18-,20-,21?,22-/m0/s1. The van der Waals surface area contributed by atoms with Gasteiger partial charge in [-0.05, 0) is 61.3 Å². The topological polar surface area (TPSA) is 120 Å². The van der Waals surface area contributed by atoms with E-state index >= 15 is 0 Å². The van der Waals surface area contributed by atoms with Crippen LogP contribution < -0.4 is 4.72 Å². The van der Waals surface area contributed by atoms with Crippen molar-refractivity contribution in [2.45, 2.75) is 69.2 Å². The highest BCUT2D eigenvalue weighted by atomic mass is 32.2. The Morgan fingerprint density at radius 2 is 2.15 bits per heavy atom. The summed E-state index contributed by atoms with van der Waals surface area (Å²) in [7, 11) is 0. The van der Waals surface area contributed by atoms with Gasteiger partial charge in [-0.3, -0.25) is 18.7 Å². The summed E-state index contributed by atoms with van der Waals surface area (Å²) in [5, 5.41) is 9.43. The second-order valence-electron chi connectivity index (χ2n) is 10.5. The molecule has 0 radical (unpaired) electrons. The van der Waals surface area contributed by atoms with Crippen LogP contribution in [0.3, 0.4) is 0 Å². The number of fused-ring (bicyclic) bond motifs is 4. The molecule has 1 aromatic rings. The molecule has 6 rings (SSSR count). The lowest BCUT2D eigenvalue weighted by atomic mass is 10.0. The molecule has 8 atom stereocenters. The van der Waals surface area contributed by atoms with Crippen LogP contribution in [0.4, 0.5) is 5.69 Å². The molecule has 34 heavy (non-hydrogen) atoms. The lowest BCUT2D eigenvalue weighted by Crippen LogP contribution is -2.53. The second-order valence-corrected chi connectivity index (χ2v) is 11.2. The summed E-state index contributed by atoms with van der Waals surface area (Å²) in [6.07, 6.45) is 4.27. The molecule has 5 aliphatic rings. The van der Waals surface area contributed by atoms with Crippen LogP contribution in [0.25, 0.3) is 0 Å². The Balaban J connectivity index is 1.11. The first-order valence-electron chi connectivity index (χ1n) is 12.1. The number of aryl methyl sites for hydroxylation is 1. The number of hydrogen-bond donors (Lipinski definition) is 1. The molecule has 2 unspecified atom stereocenters. The third-order valence-corrected chi connectivity index (χ3v) is 8.88. The van der Waals surface area contributed by atoms with Gasteiger partial charge in [-0.25, -0.2) is 0 Å². The summed E-state index contributed by atoms with van der Waals surface area (Å²) in [5.74, 6) is 0.453. The fourth-order valence-electron chi connectivity index (χ4n) is 6.92. The molecule has 180 valence electrons. The van der Waals surface area contributed by atoms with Crippen LogP contribution in [0.2, 0.25) is 0 Å². The predicted octanol–water partition coefficient (Wildman–Crippen LogP) is 1.31. The molecule has 1 saturated carbocycles. The first kappa shape index (κ1) is 22.0. The van der Waals surface area contributed by atoms with Crippen LogP contribution in [0.1, 0.15) is 49.8 Å². The van der Waals surface area contributed by atoms with Crippen LogP contribution >= 0.6 is 0 Å². The molecule has 1 N–H and O–H groups in total. The predicted molar refractivity (Wildman–Crippen MR) is 123 cm³/mol. The summed E-state index contributed by atoms with van der Waals surface area (Å²) in [6, 6.07) is 7.77. The Bertz CT molecular complexity index is 1120. The molecule has 0 aromatic heterocycles. The molecule has 3 aliphatic heterocycles. The van der Waals surface area contributed by atoms with E-state index in [-0.39, 0.29) is 47.9 Å². The Hall–Kier alpha value is -2.48. The van der Waals surface area contributed by atoms with Gasteiger partial charge in [-0.15, -0.1) is 0 Å². The van der Waals surface area contributed by atoms with Crippen molar-refractivity contribution >= 4 is 28.8 Å². The number of benzene rings is 1. The van der Waals surface area contributed by atoms with Gasteiger partial charge in [0.1, 0.15) is 6.04 Å². The van der Waals surface area contributed by atoms with Crippen molar-refractivity contribution in [2.24, 2.45) is 11.8 Å². The second kappa shape index (κ2) is 8.04. The van der Waals surface area contributed by atoms with Gasteiger partial charge in [0, 0.05) is 48.0 Å². The molecular formula is C24H28N5O4S-. The van der Waals surface area contributed by atoms with Gasteiger partial charge < -0.3 is 19.1 Å². The number of anilines is 1. The zero-order valence-electron chi connectivity index (χ0n) is 19.1. The summed E-state index contributed by atoms with van der Waals surface area (Å²) in [6.45, 7) is 3.24. The van der Waals surface area contributed by atoms with Gasteiger partial charge in [0.2, 0.25) is 11.8 Å².